The molecule has 5 fully saturated rings. The first kappa shape index (κ1) is 27.1. The molecule has 5 N–H and O–H groups in total. The molecule has 5 aliphatic rings. The molecule has 5 saturated carbocycles. The van der Waals surface area contributed by atoms with Crippen LogP contribution in [0.15, 0.2) is 0 Å². The van der Waals surface area contributed by atoms with Crippen LogP contribution in [0.5, 0.6) is 0 Å². The van der Waals surface area contributed by atoms with Crippen LogP contribution in [-0.4, -0.2) is 61.8 Å². The van der Waals surface area contributed by atoms with Gasteiger partial charge in [-0.1, -0.05) is 20.8 Å². The van der Waals surface area contributed by atoms with E-state index in [0.29, 0.717) is 29.6 Å². The van der Waals surface area contributed by atoms with E-state index in [1.807, 2.05) is 0 Å². The predicted octanol–water partition coefficient (Wildman–Crippen LogP) is 3.46. The molecule has 2 spiro atoms. The van der Waals surface area contributed by atoms with E-state index in [0.717, 1.165) is 38.5 Å². The van der Waals surface area contributed by atoms with Gasteiger partial charge in [0, 0.05) is 18.8 Å². The zero-order valence-corrected chi connectivity index (χ0v) is 23.1. The Morgan fingerprint density at radius 1 is 0.972 bits per heavy atom. The van der Waals surface area contributed by atoms with E-state index in [-0.39, 0.29) is 46.9 Å². The van der Waals surface area contributed by atoms with Crippen LogP contribution in [0.2, 0.25) is 0 Å². The highest BCUT2D eigenvalue weighted by Gasteiger charge is 2.81. The van der Waals surface area contributed by atoms with Gasteiger partial charge >= 0.3 is 0 Å². The maximum Gasteiger partial charge on any atom is 0.138 e. The summed E-state index contributed by atoms with van der Waals surface area (Å²) in [7, 11) is 0. The first-order valence-electron chi connectivity index (χ1n) is 14.5. The smallest absolute Gasteiger partial charge is 0.138 e. The van der Waals surface area contributed by atoms with Gasteiger partial charge in [-0.3, -0.25) is 4.79 Å². The Bertz CT molecular complexity index is 898. The zero-order chi connectivity index (χ0) is 26.5. The van der Waals surface area contributed by atoms with E-state index in [2.05, 4.69) is 20.8 Å². The number of rotatable bonds is 7. The average Bonchev–Trinajstić information content (AvgIpc) is 3.40. The van der Waals surface area contributed by atoms with Crippen LogP contribution in [0.1, 0.15) is 98.8 Å². The van der Waals surface area contributed by atoms with Gasteiger partial charge in [0.25, 0.3) is 0 Å². The van der Waals surface area contributed by atoms with Crippen LogP contribution >= 0.6 is 0 Å². The van der Waals surface area contributed by atoms with Crippen molar-refractivity contribution in [2.45, 2.75) is 116 Å². The fraction of sp³-hybridized carbons (Fsp3) is 0.967. The SMILES string of the molecule is CC(C(O)CC(O)(CO)C(C)(C)O)C1CCC2(C)C3CCC4C(CO)C(=O)CCC45CC35CCC12C. The van der Waals surface area contributed by atoms with Crippen molar-refractivity contribution < 1.29 is 30.3 Å². The Morgan fingerprint density at radius 2 is 1.67 bits per heavy atom. The zero-order valence-electron chi connectivity index (χ0n) is 23.1. The maximum absolute atomic E-state index is 12.6. The van der Waals surface area contributed by atoms with Gasteiger partial charge in [0.2, 0.25) is 0 Å². The third-order valence-electron chi connectivity index (χ3n) is 13.7. The molecule has 0 aromatic carbocycles. The number of Topliss-reactive ketones (excluding diaryl/α,β-unsaturated/α-hetero) is 1. The molecule has 5 aliphatic carbocycles. The molecule has 5 rings (SSSR count). The van der Waals surface area contributed by atoms with Crippen LogP contribution in [-0.2, 0) is 4.79 Å². The standard InChI is InChI=1S/C30H50O6/c1-18(23(34)14-30(36,17-32)25(2,3)35)20-8-10-27(5)24-7-6-21-19(15-31)22(33)9-11-28(21)16-29(24,28)13-12-26(20,27)4/h18-21,23-24,31-32,34-36H,6-17H2,1-5H3. The molecule has 6 heteroatoms. The highest BCUT2D eigenvalue weighted by molar-refractivity contribution is 5.83. The van der Waals surface area contributed by atoms with Gasteiger partial charge in [0.05, 0.1) is 24.9 Å². The Hall–Kier alpha value is -0.530. The van der Waals surface area contributed by atoms with Crippen molar-refractivity contribution in [3.63, 3.8) is 0 Å². The molecule has 0 heterocycles. The van der Waals surface area contributed by atoms with Gasteiger partial charge in [-0.2, -0.15) is 0 Å². The molecule has 0 radical (unpaired) electrons. The minimum absolute atomic E-state index is 0.00326. The first-order valence-corrected chi connectivity index (χ1v) is 14.5. The number of aliphatic hydroxyl groups excluding tert-OH is 3. The predicted molar refractivity (Wildman–Crippen MR) is 137 cm³/mol. The van der Waals surface area contributed by atoms with E-state index in [1.165, 1.54) is 26.7 Å². The lowest BCUT2D eigenvalue weighted by atomic mass is 9.43. The third kappa shape index (κ3) is 3.23. The molecule has 0 aromatic rings. The molecule has 0 aromatic heterocycles. The Kier molecular flexibility index (Phi) is 6.19. The second kappa shape index (κ2) is 8.24. The van der Waals surface area contributed by atoms with Crippen molar-refractivity contribution in [3.8, 4) is 0 Å². The van der Waals surface area contributed by atoms with Crippen LogP contribution in [0.25, 0.3) is 0 Å². The van der Waals surface area contributed by atoms with Crippen LogP contribution in [0.3, 0.4) is 0 Å². The lowest BCUT2D eigenvalue weighted by Gasteiger charge is -2.62. The largest absolute Gasteiger partial charge is 0.396 e. The summed E-state index contributed by atoms with van der Waals surface area (Å²) in [4.78, 5) is 12.6. The maximum atomic E-state index is 12.6. The van der Waals surface area contributed by atoms with E-state index in [1.54, 1.807) is 0 Å². The Balaban J connectivity index is 1.39. The fourth-order valence-electron chi connectivity index (χ4n) is 11.1. The topological polar surface area (TPSA) is 118 Å². The fourth-order valence-corrected chi connectivity index (χ4v) is 11.1. The number of carbonyl (C=O) groups excluding carboxylic acids is 1. The van der Waals surface area contributed by atoms with Gasteiger partial charge in [0.15, 0.2) is 0 Å². The van der Waals surface area contributed by atoms with E-state index in [4.69, 9.17) is 0 Å². The molecule has 11 atom stereocenters. The van der Waals surface area contributed by atoms with Crippen molar-refractivity contribution >= 4 is 5.78 Å². The highest BCUT2D eigenvalue weighted by atomic mass is 16.4. The normalized spacial score (nSPS) is 49.2. The van der Waals surface area contributed by atoms with Gasteiger partial charge < -0.3 is 25.5 Å². The summed E-state index contributed by atoms with van der Waals surface area (Å²) in [5.74, 6) is 1.34. The quantitative estimate of drug-likeness (QED) is 0.361. The first-order chi connectivity index (χ1) is 16.7. The Labute approximate surface area is 216 Å². The number of hydrogen-bond acceptors (Lipinski definition) is 6. The van der Waals surface area contributed by atoms with Gasteiger partial charge in [-0.25, -0.2) is 0 Å². The average molecular weight is 507 g/mol. The molecule has 0 bridgehead atoms. The molecule has 0 saturated heterocycles. The third-order valence-corrected chi connectivity index (χ3v) is 13.7. The Morgan fingerprint density at radius 3 is 2.28 bits per heavy atom. The number of fused-ring (bicyclic) bond motifs is 2. The second-order valence-electron chi connectivity index (χ2n) is 14.8. The van der Waals surface area contributed by atoms with Crippen LogP contribution in [0.4, 0.5) is 0 Å². The van der Waals surface area contributed by atoms with Crippen molar-refractivity contribution in [1.82, 2.24) is 0 Å². The highest BCUT2D eigenvalue weighted by Crippen LogP contribution is 2.88. The van der Waals surface area contributed by atoms with E-state index < -0.39 is 23.9 Å². The molecule has 11 unspecified atom stereocenters. The van der Waals surface area contributed by atoms with Gasteiger partial charge in [-0.15, -0.1) is 0 Å². The molecule has 6 nitrogen and oxygen atoms in total. The van der Waals surface area contributed by atoms with Crippen molar-refractivity contribution in [3.05, 3.63) is 0 Å². The summed E-state index contributed by atoms with van der Waals surface area (Å²) in [5.41, 5.74) is -2.46. The van der Waals surface area contributed by atoms with Crippen molar-refractivity contribution in [2.75, 3.05) is 13.2 Å². The monoisotopic (exact) mass is 506 g/mol. The lowest BCUT2D eigenvalue weighted by molar-refractivity contribution is -0.179. The summed E-state index contributed by atoms with van der Waals surface area (Å²) in [6.07, 6.45) is 8.65. The van der Waals surface area contributed by atoms with E-state index in [9.17, 15) is 30.3 Å². The molecular formula is C30H50O6. The van der Waals surface area contributed by atoms with Crippen molar-refractivity contribution in [2.24, 2.45) is 51.2 Å². The minimum Gasteiger partial charge on any atom is -0.396 e. The molecule has 0 aliphatic heterocycles. The lowest BCUT2D eigenvalue weighted by Crippen LogP contribution is -2.57. The summed E-state index contributed by atoms with van der Waals surface area (Å²) in [5, 5.41) is 52.6. The molecule has 0 amide bonds. The minimum atomic E-state index is -1.75. The van der Waals surface area contributed by atoms with Gasteiger partial charge in [-0.05, 0) is 111 Å². The van der Waals surface area contributed by atoms with E-state index >= 15 is 0 Å². The number of aliphatic hydroxyl groups is 5. The molecular weight excluding hydrogens is 456 g/mol. The molecule has 36 heavy (non-hydrogen) atoms. The second-order valence-corrected chi connectivity index (χ2v) is 14.8. The summed E-state index contributed by atoms with van der Waals surface area (Å²) in [6, 6.07) is 0. The number of hydrogen-bond donors (Lipinski definition) is 5. The van der Waals surface area contributed by atoms with Crippen LogP contribution < -0.4 is 0 Å². The van der Waals surface area contributed by atoms with Crippen molar-refractivity contribution in [1.29, 1.82) is 0 Å². The molecule has 206 valence electrons. The summed E-state index contributed by atoms with van der Waals surface area (Å²) in [6.45, 7) is 9.41. The number of ketones is 1. The summed E-state index contributed by atoms with van der Waals surface area (Å²) >= 11 is 0. The number of carbonyl (C=O) groups is 1. The van der Waals surface area contributed by atoms with Crippen LogP contribution in [0, 0.1) is 51.2 Å². The summed E-state index contributed by atoms with van der Waals surface area (Å²) < 4.78 is 0. The van der Waals surface area contributed by atoms with Gasteiger partial charge in [0.1, 0.15) is 11.4 Å².